The summed E-state index contributed by atoms with van der Waals surface area (Å²) in [5.74, 6) is -1.41. The number of pyridine rings is 1. The Bertz CT molecular complexity index is 2070. The van der Waals surface area contributed by atoms with Crippen LogP contribution in [0.3, 0.4) is 0 Å². The van der Waals surface area contributed by atoms with Crippen LogP contribution in [-0.2, 0) is 15.7 Å². The largest absolute Gasteiger partial charge is 0.453 e. The van der Waals surface area contributed by atoms with Gasteiger partial charge in [0.1, 0.15) is 23.5 Å². The number of carbonyl (C=O) groups excluding carboxylic acids is 4. The van der Waals surface area contributed by atoms with Crippen LogP contribution in [0.15, 0.2) is 60.9 Å². The van der Waals surface area contributed by atoms with E-state index < -0.39 is 52.9 Å². The molecule has 5 rings (SSSR count). The highest BCUT2D eigenvalue weighted by Crippen LogP contribution is 2.41. The molecule has 0 bridgehead atoms. The minimum absolute atomic E-state index is 0.0243. The first-order chi connectivity index (χ1) is 27.0. The highest BCUT2D eigenvalue weighted by Gasteiger charge is 2.40. The van der Waals surface area contributed by atoms with E-state index in [1.165, 1.54) is 44.6 Å². The molecule has 0 unspecified atom stereocenters. The Hall–Kier alpha value is -6.20. The summed E-state index contributed by atoms with van der Waals surface area (Å²) >= 11 is 0. The summed E-state index contributed by atoms with van der Waals surface area (Å²) in [5.41, 5.74) is -1.07. The maximum Gasteiger partial charge on any atom is 0.417 e. The van der Waals surface area contributed by atoms with Gasteiger partial charge in [-0.05, 0) is 66.1 Å². The van der Waals surface area contributed by atoms with Crippen LogP contribution in [0.5, 0.6) is 0 Å². The van der Waals surface area contributed by atoms with Gasteiger partial charge >= 0.3 is 18.3 Å². The molecule has 14 nitrogen and oxygen atoms in total. The predicted molar refractivity (Wildman–Crippen MR) is 205 cm³/mol. The van der Waals surface area contributed by atoms with E-state index in [1.807, 2.05) is 20.8 Å². The molecule has 6 N–H and O–H groups in total. The van der Waals surface area contributed by atoms with Crippen molar-refractivity contribution in [2.75, 3.05) is 37.9 Å². The molecule has 0 radical (unpaired) electrons. The topological polar surface area (TPSA) is 182 Å². The molecule has 304 valence electrons. The van der Waals surface area contributed by atoms with Crippen LogP contribution in [0.1, 0.15) is 61.9 Å². The van der Waals surface area contributed by atoms with Crippen molar-refractivity contribution in [1.82, 2.24) is 35.8 Å². The lowest BCUT2D eigenvalue weighted by molar-refractivity contribution is -0.137. The molecule has 2 aromatic carbocycles. The molecular weight excluding hydrogens is 750 g/mol. The second kappa shape index (κ2) is 17.7. The van der Waals surface area contributed by atoms with Crippen molar-refractivity contribution in [3.63, 3.8) is 0 Å². The first-order valence-corrected chi connectivity index (χ1v) is 18.2. The number of nitrogens with zero attached hydrogens (tertiary/aromatic N) is 3. The number of imidazole rings is 1. The van der Waals surface area contributed by atoms with E-state index in [0.29, 0.717) is 48.5 Å². The molecule has 1 saturated heterocycles. The van der Waals surface area contributed by atoms with Gasteiger partial charge in [-0.25, -0.2) is 23.9 Å². The van der Waals surface area contributed by atoms with Gasteiger partial charge in [-0.3, -0.25) is 9.59 Å². The summed E-state index contributed by atoms with van der Waals surface area (Å²) in [4.78, 5) is 63.5. The number of urea groups is 1. The quantitative estimate of drug-likeness (QED) is 0.0871. The Kier molecular flexibility index (Phi) is 13.0. The van der Waals surface area contributed by atoms with Crippen molar-refractivity contribution in [3.8, 4) is 22.4 Å². The minimum atomic E-state index is -4.90. The number of methoxy groups -OCH3 is 1. The Morgan fingerprint density at radius 2 is 1.68 bits per heavy atom. The number of hydrogen-bond acceptors (Lipinski definition) is 8. The van der Waals surface area contributed by atoms with Crippen molar-refractivity contribution in [2.24, 2.45) is 11.8 Å². The Morgan fingerprint density at radius 3 is 2.30 bits per heavy atom. The summed E-state index contributed by atoms with van der Waals surface area (Å²) in [5, 5.41) is 12.9. The molecule has 5 amide bonds. The first-order valence-electron chi connectivity index (χ1n) is 18.2. The second-order valence-corrected chi connectivity index (χ2v) is 14.2. The average molecular weight is 796 g/mol. The van der Waals surface area contributed by atoms with Crippen molar-refractivity contribution in [3.05, 3.63) is 83.7 Å². The number of halogens is 4. The number of H-pyrrole nitrogens is 1. The fourth-order valence-corrected chi connectivity index (χ4v) is 6.48. The monoisotopic (exact) mass is 795 g/mol. The lowest BCUT2D eigenvalue weighted by Crippen LogP contribution is -2.51. The van der Waals surface area contributed by atoms with E-state index in [4.69, 9.17) is 4.74 Å². The Labute approximate surface area is 326 Å². The summed E-state index contributed by atoms with van der Waals surface area (Å²) in [6, 6.07) is 8.27. The number of aromatic nitrogens is 3. The number of amides is 5. The SMILES string of the molecule is CNC(=O)N[C@@H](C)CNc1ccc(C(=O)Nc2cc(C(F)(F)F)c(-c3ccc(-c4cnc([C@@H]5C[C@H](C)CN5C(=O)[C@@H](NC(=O)OC)C(C)C)[nH]4)cc3)cc2F)cn1. The third-order valence-electron chi connectivity index (χ3n) is 9.48. The van der Waals surface area contributed by atoms with E-state index >= 15 is 4.39 Å². The van der Waals surface area contributed by atoms with E-state index in [2.05, 4.69) is 41.5 Å². The highest BCUT2D eigenvalue weighted by molar-refractivity contribution is 6.04. The minimum Gasteiger partial charge on any atom is -0.453 e. The van der Waals surface area contributed by atoms with E-state index in [0.717, 1.165) is 6.07 Å². The van der Waals surface area contributed by atoms with Gasteiger partial charge < -0.3 is 41.2 Å². The fourth-order valence-electron chi connectivity index (χ4n) is 6.48. The zero-order valence-electron chi connectivity index (χ0n) is 32.2. The van der Waals surface area contributed by atoms with Crippen LogP contribution in [0.4, 0.5) is 38.7 Å². The highest BCUT2D eigenvalue weighted by atomic mass is 19.4. The number of nitrogens with one attached hydrogen (secondary N) is 6. The number of anilines is 2. The van der Waals surface area contributed by atoms with Gasteiger partial charge in [-0.2, -0.15) is 13.2 Å². The van der Waals surface area contributed by atoms with Crippen LogP contribution in [-0.4, -0.2) is 83.1 Å². The smallest absolute Gasteiger partial charge is 0.417 e. The second-order valence-electron chi connectivity index (χ2n) is 14.2. The third-order valence-corrected chi connectivity index (χ3v) is 9.48. The van der Waals surface area contributed by atoms with Gasteiger partial charge in [0.25, 0.3) is 5.91 Å². The number of rotatable bonds is 12. The summed E-state index contributed by atoms with van der Waals surface area (Å²) in [6.45, 7) is 8.17. The van der Waals surface area contributed by atoms with Gasteiger partial charge in [-0.1, -0.05) is 45.0 Å². The van der Waals surface area contributed by atoms with Crippen LogP contribution >= 0.6 is 0 Å². The average Bonchev–Trinajstić information content (AvgIpc) is 3.83. The molecule has 3 heterocycles. The maximum absolute atomic E-state index is 15.4. The molecule has 0 aliphatic carbocycles. The summed E-state index contributed by atoms with van der Waals surface area (Å²) < 4.78 is 63.3. The van der Waals surface area contributed by atoms with Gasteiger partial charge in [0.2, 0.25) is 5.91 Å². The van der Waals surface area contributed by atoms with Gasteiger partial charge in [0, 0.05) is 32.4 Å². The summed E-state index contributed by atoms with van der Waals surface area (Å²) in [7, 11) is 2.71. The Balaban J connectivity index is 1.31. The number of likely N-dealkylation sites (tertiary alicyclic amines) is 1. The fraction of sp³-hybridized carbons (Fsp3) is 0.385. The molecular formula is C39H45F4N9O5. The van der Waals surface area contributed by atoms with Crippen LogP contribution in [0.2, 0.25) is 0 Å². The predicted octanol–water partition coefficient (Wildman–Crippen LogP) is 6.57. The molecule has 1 aliphatic rings. The van der Waals surface area contributed by atoms with E-state index in [-0.39, 0.29) is 40.9 Å². The molecule has 18 heteroatoms. The van der Waals surface area contributed by atoms with E-state index in [9.17, 15) is 32.3 Å². The third kappa shape index (κ3) is 10.2. The number of hydrogen-bond donors (Lipinski definition) is 6. The molecule has 0 spiro atoms. The zero-order chi connectivity index (χ0) is 41.6. The first kappa shape index (κ1) is 42.0. The number of alkyl halides is 3. The number of alkyl carbamates (subject to hydrolysis) is 1. The van der Waals surface area contributed by atoms with Crippen LogP contribution < -0.4 is 26.6 Å². The normalized spacial score (nSPS) is 16.4. The Morgan fingerprint density at radius 1 is 0.982 bits per heavy atom. The number of ether oxygens (including phenoxy) is 1. The van der Waals surface area contributed by atoms with Gasteiger partial charge in [0.15, 0.2) is 0 Å². The maximum atomic E-state index is 15.4. The molecule has 57 heavy (non-hydrogen) atoms. The van der Waals surface area contributed by atoms with Crippen LogP contribution in [0.25, 0.3) is 22.4 Å². The molecule has 4 atom stereocenters. The standard InChI is InChI=1S/C39H45F4N9O5/c1-20(2)33(51-38(56)57-6)36(54)52-19-21(3)13-31(52)34-47-18-30(49-34)24-9-7-23(8-10-24)26-14-28(40)29(15-27(26)39(41,42)43)50-35(53)25-11-12-32(46-17-25)45-16-22(4)48-37(55)44-5/h7-12,14-15,17-18,20-22,31,33H,13,16,19H2,1-6H3,(H,45,46)(H,47,49)(H,50,53)(H,51,56)(H2,44,48,55)/t21-,22-,31-,33-/m0/s1. The van der Waals surface area contributed by atoms with Crippen molar-refractivity contribution < 1.29 is 41.5 Å². The van der Waals surface area contributed by atoms with Crippen molar-refractivity contribution >= 4 is 35.4 Å². The van der Waals surface area contributed by atoms with Gasteiger partial charge in [0.05, 0.1) is 41.9 Å². The van der Waals surface area contributed by atoms with Crippen LogP contribution in [0, 0.1) is 17.7 Å². The van der Waals surface area contributed by atoms with E-state index in [1.54, 1.807) is 30.2 Å². The molecule has 1 fully saturated rings. The number of benzene rings is 2. The molecule has 2 aromatic heterocycles. The van der Waals surface area contributed by atoms with Crippen molar-refractivity contribution in [2.45, 2.75) is 58.4 Å². The molecule has 4 aromatic rings. The lowest BCUT2D eigenvalue weighted by Gasteiger charge is -2.30. The van der Waals surface area contributed by atoms with Gasteiger partial charge in [-0.15, -0.1) is 0 Å². The zero-order valence-corrected chi connectivity index (χ0v) is 32.2. The lowest BCUT2D eigenvalue weighted by atomic mass is 9.96. The molecule has 0 saturated carbocycles. The number of aromatic amines is 1. The number of carbonyl (C=O) groups is 4. The van der Waals surface area contributed by atoms with Crippen molar-refractivity contribution in [1.29, 1.82) is 0 Å². The summed E-state index contributed by atoms with van der Waals surface area (Å²) in [6.07, 6.45) is -2.25. The molecule has 1 aliphatic heterocycles.